The van der Waals surface area contributed by atoms with Gasteiger partial charge in [0.2, 0.25) is 0 Å². The zero-order valence-electron chi connectivity index (χ0n) is 9.60. The van der Waals surface area contributed by atoms with Crippen LogP contribution in [-0.4, -0.2) is 28.5 Å². The molecule has 0 aromatic carbocycles. The average molecular weight is 206 g/mol. The van der Waals surface area contributed by atoms with E-state index in [9.17, 15) is 4.79 Å². The molecule has 1 aromatic heterocycles. The molecule has 15 heavy (non-hydrogen) atoms. The van der Waals surface area contributed by atoms with Crippen LogP contribution in [0.2, 0.25) is 0 Å². The highest BCUT2D eigenvalue weighted by Crippen LogP contribution is 2.35. The molecule has 1 aliphatic carbocycles. The normalized spacial score (nSPS) is 17.5. The van der Waals surface area contributed by atoms with E-state index >= 15 is 0 Å². The molecule has 0 N–H and O–H groups in total. The molecule has 0 aliphatic heterocycles. The Balaban J connectivity index is 2.10. The number of nitrogens with zero attached hydrogens (tertiary/aromatic N) is 2. The van der Waals surface area contributed by atoms with Gasteiger partial charge in [-0.3, -0.25) is 4.79 Å². The lowest BCUT2D eigenvalue weighted by atomic mass is 10.2. The van der Waals surface area contributed by atoms with Crippen LogP contribution in [0.3, 0.4) is 0 Å². The van der Waals surface area contributed by atoms with Crippen molar-refractivity contribution < 1.29 is 4.79 Å². The maximum atomic E-state index is 12.1. The number of rotatable bonds is 3. The molecule has 1 heterocycles. The number of hydrogen-bond donors (Lipinski definition) is 0. The van der Waals surface area contributed by atoms with Gasteiger partial charge in [-0.2, -0.15) is 0 Å². The van der Waals surface area contributed by atoms with Crippen molar-refractivity contribution in [3.05, 3.63) is 24.0 Å². The Labute approximate surface area is 90.7 Å². The second kappa shape index (κ2) is 3.72. The van der Waals surface area contributed by atoms with Crippen LogP contribution >= 0.6 is 0 Å². The molecule has 1 aromatic rings. The van der Waals surface area contributed by atoms with E-state index in [0.717, 1.165) is 11.6 Å². The van der Waals surface area contributed by atoms with E-state index in [1.165, 1.54) is 12.8 Å². The zero-order chi connectivity index (χ0) is 11.0. The van der Waals surface area contributed by atoms with Crippen molar-refractivity contribution in [1.29, 1.82) is 0 Å². The molecule has 1 atom stereocenters. The molecule has 2 rings (SSSR count). The van der Waals surface area contributed by atoms with Crippen molar-refractivity contribution in [1.82, 2.24) is 9.47 Å². The summed E-state index contributed by atoms with van der Waals surface area (Å²) in [4.78, 5) is 14.0. The third kappa shape index (κ3) is 1.91. The monoisotopic (exact) mass is 206 g/mol. The Bertz CT molecular complexity index is 365. The van der Waals surface area contributed by atoms with Gasteiger partial charge in [0.15, 0.2) is 0 Å². The SMILES string of the molecule is CC(C1CC1)N(C)C(=O)c1cccn1C. The molecule has 0 bridgehead atoms. The van der Waals surface area contributed by atoms with E-state index in [2.05, 4.69) is 6.92 Å². The summed E-state index contributed by atoms with van der Waals surface area (Å²) in [6.07, 6.45) is 4.45. The average Bonchev–Trinajstić information content (AvgIpc) is 2.98. The maximum Gasteiger partial charge on any atom is 0.270 e. The Hall–Kier alpha value is -1.25. The van der Waals surface area contributed by atoms with E-state index in [0.29, 0.717) is 6.04 Å². The van der Waals surface area contributed by atoms with Gasteiger partial charge in [0.1, 0.15) is 5.69 Å². The highest BCUT2D eigenvalue weighted by molar-refractivity contribution is 5.92. The summed E-state index contributed by atoms with van der Waals surface area (Å²) in [5, 5.41) is 0. The number of hydrogen-bond acceptors (Lipinski definition) is 1. The van der Waals surface area contributed by atoms with Gasteiger partial charge >= 0.3 is 0 Å². The van der Waals surface area contributed by atoms with Crippen molar-refractivity contribution in [3.63, 3.8) is 0 Å². The van der Waals surface area contributed by atoms with Crippen LogP contribution in [0, 0.1) is 5.92 Å². The molecule has 1 amide bonds. The van der Waals surface area contributed by atoms with Crippen LogP contribution in [-0.2, 0) is 7.05 Å². The van der Waals surface area contributed by atoms with Gasteiger partial charge in [-0.25, -0.2) is 0 Å². The third-order valence-corrected chi connectivity index (χ3v) is 3.40. The number of amides is 1. The maximum absolute atomic E-state index is 12.1. The minimum atomic E-state index is 0.127. The zero-order valence-corrected chi connectivity index (χ0v) is 9.60. The summed E-state index contributed by atoms with van der Waals surface area (Å²) < 4.78 is 1.87. The molecule has 0 spiro atoms. The fraction of sp³-hybridized carbons (Fsp3) is 0.583. The van der Waals surface area contributed by atoms with Gasteiger partial charge < -0.3 is 9.47 Å². The third-order valence-electron chi connectivity index (χ3n) is 3.40. The molecule has 0 saturated heterocycles. The number of carbonyl (C=O) groups is 1. The smallest absolute Gasteiger partial charge is 0.270 e. The summed E-state index contributed by atoms with van der Waals surface area (Å²) in [6.45, 7) is 2.14. The highest BCUT2D eigenvalue weighted by atomic mass is 16.2. The first-order chi connectivity index (χ1) is 7.11. The lowest BCUT2D eigenvalue weighted by Crippen LogP contribution is -2.37. The molecular formula is C12H18N2O. The van der Waals surface area contributed by atoms with Gasteiger partial charge in [-0.05, 0) is 37.8 Å². The predicted molar refractivity (Wildman–Crippen MR) is 59.7 cm³/mol. The van der Waals surface area contributed by atoms with E-state index < -0.39 is 0 Å². The molecule has 1 saturated carbocycles. The summed E-state index contributed by atoms with van der Waals surface area (Å²) in [5.74, 6) is 0.848. The summed E-state index contributed by atoms with van der Waals surface area (Å²) >= 11 is 0. The highest BCUT2D eigenvalue weighted by Gasteiger charge is 2.33. The first-order valence-corrected chi connectivity index (χ1v) is 5.49. The van der Waals surface area contributed by atoms with Crippen molar-refractivity contribution >= 4 is 5.91 Å². The lowest BCUT2D eigenvalue weighted by Gasteiger charge is -2.25. The molecule has 0 radical (unpaired) electrons. The summed E-state index contributed by atoms with van der Waals surface area (Å²) in [6, 6.07) is 4.15. The van der Waals surface area contributed by atoms with E-state index in [1.54, 1.807) is 0 Å². The number of carbonyl (C=O) groups excluding carboxylic acids is 1. The van der Waals surface area contributed by atoms with Crippen LogP contribution in [0.1, 0.15) is 30.3 Å². The van der Waals surface area contributed by atoms with Gasteiger partial charge in [0.25, 0.3) is 5.91 Å². The van der Waals surface area contributed by atoms with Crippen molar-refractivity contribution in [2.45, 2.75) is 25.8 Å². The van der Waals surface area contributed by atoms with Crippen LogP contribution in [0.5, 0.6) is 0 Å². The van der Waals surface area contributed by atoms with E-state index in [4.69, 9.17) is 0 Å². The second-order valence-corrected chi connectivity index (χ2v) is 4.50. The fourth-order valence-corrected chi connectivity index (χ4v) is 1.94. The Kier molecular flexibility index (Phi) is 2.55. The minimum Gasteiger partial charge on any atom is -0.347 e. The van der Waals surface area contributed by atoms with Gasteiger partial charge in [-0.1, -0.05) is 0 Å². The first-order valence-electron chi connectivity index (χ1n) is 5.49. The van der Waals surface area contributed by atoms with Gasteiger partial charge in [0, 0.05) is 26.3 Å². The Morgan fingerprint density at radius 2 is 2.27 bits per heavy atom. The van der Waals surface area contributed by atoms with Crippen LogP contribution in [0.25, 0.3) is 0 Å². The first kappa shape index (κ1) is 10.3. The van der Waals surface area contributed by atoms with Crippen LogP contribution < -0.4 is 0 Å². The molecule has 3 heteroatoms. The largest absolute Gasteiger partial charge is 0.347 e. The summed E-state index contributed by atoms with van der Waals surface area (Å²) in [7, 11) is 3.81. The Morgan fingerprint density at radius 1 is 1.60 bits per heavy atom. The van der Waals surface area contributed by atoms with Crippen LogP contribution in [0.4, 0.5) is 0 Å². The van der Waals surface area contributed by atoms with Gasteiger partial charge in [-0.15, -0.1) is 0 Å². The fourth-order valence-electron chi connectivity index (χ4n) is 1.94. The topological polar surface area (TPSA) is 25.2 Å². The van der Waals surface area contributed by atoms with Crippen molar-refractivity contribution in [2.75, 3.05) is 7.05 Å². The molecule has 3 nitrogen and oxygen atoms in total. The van der Waals surface area contributed by atoms with Gasteiger partial charge in [0.05, 0.1) is 0 Å². The predicted octanol–water partition coefficient (Wildman–Crippen LogP) is 1.90. The molecule has 82 valence electrons. The molecular weight excluding hydrogens is 188 g/mol. The summed E-state index contributed by atoms with van der Waals surface area (Å²) in [5.41, 5.74) is 0.769. The quantitative estimate of drug-likeness (QED) is 0.741. The van der Waals surface area contributed by atoms with Crippen LogP contribution in [0.15, 0.2) is 18.3 Å². The van der Waals surface area contributed by atoms with Crippen molar-refractivity contribution in [3.8, 4) is 0 Å². The minimum absolute atomic E-state index is 0.127. The number of aromatic nitrogens is 1. The molecule has 1 unspecified atom stereocenters. The molecule has 1 aliphatic rings. The van der Waals surface area contributed by atoms with E-state index in [-0.39, 0.29) is 5.91 Å². The van der Waals surface area contributed by atoms with Crippen molar-refractivity contribution in [2.24, 2.45) is 13.0 Å². The number of aryl methyl sites for hydroxylation is 1. The lowest BCUT2D eigenvalue weighted by molar-refractivity contribution is 0.0717. The Morgan fingerprint density at radius 3 is 2.73 bits per heavy atom. The molecule has 1 fully saturated rings. The van der Waals surface area contributed by atoms with E-state index in [1.807, 2.05) is 41.9 Å². The standard InChI is InChI=1S/C12H18N2O/c1-9(10-6-7-10)14(3)12(15)11-5-4-8-13(11)2/h4-5,8-10H,6-7H2,1-3H3. The second-order valence-electron chi connectivity index (χ2n) is 4.50.